The van der Waals surface area contributed by atoms with E-state index in [1.165, 1.54) is 5.57 Å². The molecule has 1 aromatic rings. The summed E-state index contributed by atoms with van der Waals surface area (Å²) in [6, 6.07) is 0. The van der Waals surface area contributed by atoms with Crippen molar-refractivity contribution >= 4 is 0 Å². The van der Waals surface area contributed by atoms with Crippen LogP contribution < -0.4 is 15.6 Å². The smallest absolute Gasteiger partial charge is 0.268 e. The highest BCUT2D eigenvalue weighted by atomic mass is 16.5. The molecule has 106 valence electrons. The Labute approximate surface area is 115 Å². The van der Waals surface area contributed by atoms with Crippen LogP contribution in [0.3, 0.4) is 0 Å². The molecule has 0 aliphatic carbocycles. The molecule has 19 heavy (non-hydrogen) atoms. The van der Waals surface area contributed by atoms with Gasteiger partial charge in [-0.3, -0.25) is 9.59 Å². The molecule has 1 rings (SSSR count). The van der Waals surface area contributed by atoms with Crippen molar-refractivity contribution < 1.29 is 4.74 Å². The molecule has 1 aromatic carbocycles. The van der Waals surface area contributed by atoms with Crippen molar-refractivity contribution in [3.63, 3.8) is 0 Å². The van der Waals surface area contributed by atoms with Gasteiger partial charge in [0.2, 0.25) is 5.43 Å². The van der Waals surface area contributed by atoms with Gasteiger partial charge in [-0.05, 0) is 53.4 Å². The molecule has 0 spiro atoms. The zero-order chi connectivity index (χ0) is 14.8. The van der Waals surface area contributed by atoms with Crippen LogP contribution in [0.5, 0.6) is 5.75 Å². The third-order valence-corrected chi connectivity index (χ3v) is 2.96. The van der Waals surface area contributed by atoms with Gasteiger partial charge in [-0.2, -0.15) is 0 Å². The predicted molar refractivity (Wildman–Crippen MR) is 78.8 cm³/mol. The van der Waals surface area contributed by atoms with Crippen LogP contribution in [0.1, 0.15) is 65.9 Å². The van der Waals surface area contributed by atoms with Gasteiger partial charge in [0.05, 0.1) is 5.56 Å². The van der Waals surface area contributed by atoms with Gasteiger partial charge in [0.15, 0.2) is 5.75 Å². The quantitative estimate of drug-likeness (QED) is 0.605. The van der Waals surface area contributed by atoms with Crippen molar-refractivity contribution in [2.24, 2.45) is 0 Å². The van der Waals surface area contributed by atoms with Crippen LogP contribution in [0, 0.1) is 0 Å². The Bertz CT molecular complexity index is 533. The molecule has 3 nitrogen and oxygen atoms in total. The van der Waals surface area contributed by atoms with Crippen LogP contribution in [-0.4, -0.2) is 5.60 Å². The Balaban J connectivity index is 2.84. The van der Waals surface area contributed by atoms with Crippen LogP contribution in [0.15, 0.2) is 21.2 Å². The lowest BCUT2D eigenvalue weighted by atomic mass is 9.91. The van der Waals surface area contributed by atoms with E-state index in [1.54, 1.807) is 0 Å². The van der Waals surface area contributed by atoms with Crippen molar-refractivity contribution in [2.75, 3.05) is 0 Å². The van der Waals surface area contributed by atoms with E-state index < -0.39 is 11.0 Å². The van der Waals surface area contributed by atoms with Gasteiger partial charge in [-0.1, -0.05) is 18.6 Å². The zero-order valence-electron chi connectivity index (χ0n) is 12.8. The van der Waals surface area contributed by atoms with Crippen LogP contribution in [0.4, 0.5) is 0 Å². The normalized spacial score (nSPS) is 13.4. The van der Waals surface area contributed by atoms with Crippen molar-refractivity contribution in [3.8, 4) is 5.75 Å². The van der Waals surface area contributed by atoms with E-state index >= 15 is 0 Å². The topological polar surface area (TPSA) is 43.4 Å². The summed E-state index contributed by atoms with van der Waals surface area (Å²) in [6.45, 7) is 11.7. The molecule has 0 aliphatic heterocycles. The fourth-order valence-corrected chi connectivity index (χ4v) is 2.01. The molecule has 0 amide bonds. The molecule has 0 N–H and O–H groups in total. The highest BCUT2D eigenvalue weighted by Gasteiger charge is 2.29. The highest BCUT2D eigenvalue weighted by Crippen LogP contribution is 2.28. The summed E-state index contributed by atoms with van der Waals surface area (Å²) < 4.78 is 5.61. The second-order valence-corrected chi connectivity index (χ2v) is 6.38. The Morgan fingerprint density at radius 2 is 1.79 bits per heavy atom. The van der Waals surface area contributed by atoms with Crippen LogP contribution >= 0.6 is 0 Å². The van der Waals surface area contributed by atoms with E-state index in [0.29, 0.717) is 5.56 Å². The highest BCUT2D eigenvalue weighted by molar-refractivity contribution is 5.42. The molecular formula is C16H24O3. The van der Waals surface area contributed by atoms with E-state index in [-0.39, 0.29) is 17.1 Å². The summed E-state index contributed by atoms with van der Waals surface area (Å²) in [5.74, 6) is 0.348. The summed E-state index contributed by atoms with van der Waals surface area (Å²) in [5.41, 5.74) is 0.546. The van der Waals surface area contributed by atoms with Gasteiger partial charge in [0.1, 0.15) is 5.60 Å². The van der Waals surface area contributed by atoms with Crippen molar-refractivity contribution in [2.45, 2.75) is 65.9 Å². The largest absolute Gasteiger partial charge is 0.483 e. The monoisotopic (exact) mass is 264 g/mol. The van der Waals surface area contributed by atoms with Crippen LogP contribution in [0.25, 0.3) is 0 Å². The number of rotatable bonds is 5. The maximum Gasteiger partial charge on any atom is 0.268 e. The minimum absolute atomic E-state index is 0.0677. The van der Waals surface area contributed by atoms with Crippen molar-refractivity contribution in [1.29, 1.82) is 0 Å². The van der Waals surface area contributed by atoms with Gasteiger partial charge < -0.3 is 4.74 Å². The van der Waals surface area contributed by atoms with Gasteiger partial charge in [-0.15, -0.1) is 0 Å². The average molecular weight is 264 g/mol. The first kappa shape index (κ1) is 15.7. The van der Waals surface area contributed by atoms with E-state index in [0.717, 1.165) is 12.8 Å². The third kappa shape index (κ3) is 4.05. The number of hydrogen-bond acceptors (Lipinski definition) is 3. The molecule has 3 heteroatoms. The second kappa shape index (κ2) is 5.72. The standard InChI is InChI=1S/C16H24O3/c1-10(2)8-7-9-11(3)12-13(17)14(18)15(12)19-16(4,5)6/h8,11H,7,9H2,1-6H3. The van der Waals surface area contributed by atoms with E-state index in [2.05, 4.69) is 19.9 Å². The third-order valence-electron chi connectivity index (χ3n) is 2.96. The van der Waals surface area contributed by atoms with Crippen LogP contribution in [0.2, 0.25) is 0 Å². The van der Waals surface area contributed by atoms with Gasteiger partial charge >= 0.3 is 0 Å². The first-order chi connectivity index (χ1) is 8.63. The first-order valence-electron chi connectivity index (χ1n) is 6.79. The molecule has 0 saturated heterocycles. The first-order valence-corrected chi connectivity index (χ1v) is 6.79. The molecule has 0 saturated carbocycles. The maximum absolute atomic E-state index is 11.7. The lowest BCUT2D eigenvalue weighted by Gasteiger charge is -2.25. The SMILES string of the molecule is CC(C)=CCCC(C)c1c(OC(C)(C)C)c(=O)c1=O. The van der Waals surface area contributed by atoms with E-state index in [4.69, 9.17) is 4.74 Å². The molecular weight excluding hydrogens is 240 g/mol. The molecule has 0 fully saturated rings. The number of hydrogen-bond donors (Lipinski definition) is 0. The van der Waals surface area contributed by atoms with E-state index in [1.807, 2.05) is 27.7 Å². The summed E-state index contributed by atoms with van der Waals surface area (Å²) in [7, 11) is 0. The molecule has 1 atom stereocenters. The molecule has 0 bridgehead atoms. The fourth-order valence-electron chi connectivity index (χ4n) is 2.01. The summed E-state index contributed by atoms with van der Waals surface area (Å²) >= 11 is 0. The Kier molecular flexibility index (Phi) is 4.72. The number of ether oxygens (including phenoxy) is 1. The summed E-state index contributed by atoms with van der Waals surface area (Å²) in [4.78, 5) is 23.3. The van der Waals surface area contributed by atoms with Gasteiger partial charge in [0.25, 0.3) is 5.43 Å². The van der Waals surface area contributed by atoms with Crippen molar-refractivity contribution in [3.05, 3.63) is 37.7 Å². The minimum atomic E-state index is -0.473. The molecule has 0 radical (unpaired) electrons. The van der Waals surface area contributed by atoms with Gasteiger partial charge in [0, 0.05) is 0 Å². The molecule has 0 heterocycles. The number of allylic oxidation sites excluding steroid dienone is 2. The second-order valence-electron chi connectivity index (χ2n) is 6.38. The summed E-state index contributed by atoms with van der Waals surface area (Å²) in [6.07, 6.45) is 3.92. The van der Waals surface area contributed by atoms with Crippen LogP contribution in [-0.2, 0) is 0 Å². The Morgan fingerprint density at radius 3 is 2.26 bits per heavy atom. The molecule has 0 aliphatic rings. The molecule has 0 aromatic heterocycles. The Morgan fingerprint density at radius 1 is 1.21 bits per heavy atom. The molecule has 1 unspecified atom stereocenters. The van der Waals surface area contributed by atoms with E-state index in [9.17, 15) is 9.59 Å². The van der Waals surface area contributed by atoms with Crippen molar-refractivity contribution in [1.82, 2.24) is 0 Å². The lowest BCUT2D eigenvalue weighted by molar-refractivity contribution is 0.124. The minimum Gasteiger partial charge on any atom is -0.483 e. The average Bonchev–Trinajstić information content (AvgIpc) is 2.25. The maximum atomic E-state index is 11.7. The predicted octanol–water partition coefficient (Wildman–Crippen LogP) is 3.31. The Hall–Kier alpha value is -1.38. The van der Waals surface area contributed by atoms with Gasteiger partial charge in [-0.25, -0.2) is 0 Å². The fraction of sp³-hybridized carbons (Fsp3) is 0.625. The summed E-state index contributed by atoms with van der Waals surface area (Å²) in [5, 5.41) is 0. The zero-order valence-corrected chi connectivity index (χ0v) is 12.8. The lowest BCUT2D eigenvalue weighted by Crippen LogP contribution is -2.41.